The van der Waals surface area contributed by atoms with Crippen LogP contribution in [0.15, 0.2) is 35.4 Å². The van der Waals surface area contributed by atoms with Crippen LogP contribution in [-0.2, 0) is 0 Å². The van der Waals surface area contributed by atoms with Gasteiger partial charge in [-0.3, -0.25) is 0 Å². The van der Waals surface area contributed by atoms with E-state index in [-0.39, 0.29) is 0 Å². The van der Waals surface area contributed by atoms with Crippen molar-refractivity contribution in [2.24, 2.45) is 5.10 Å². The Kier molecular flexibility index (Phi) is 5.64. The van der Waals surface area contributed by atoms with Gasteiger partial charge in [0.05, 0.1) is 5.71 Å². The maximum atomic E-state index is 4.43. The Labute approximate surface area is 150 Å². The smallest absolute Gasteiger partial charge is 0.243 e. The summed E-state index contributed by atoms with van der Waals surface area (Å²) in [5.74, 6) is 0.540. The minimum absolute atomic E-state index is 0.540. The SMILES string of the molecule is C/C(=N\Nc1nc(C)cc(C)n1)c1ccc(N2CCCCCC2)cc1. The summed E-state index contributed by atoms with van der Waals surface area (Å²) in [6.07, 6.45) is 5.29. The van der Waals surface area contributed by atoms with Gasteiger partial charge in [0.15, 0.2) is 0 Å². The molecule has 0 saturated carbocycles. The van der Waals surface area contributed by atoms with Crippen molar-refractivity contribution in [2.75, 3.05) is 23.4 Å². The Morgan fingerprint density at radius 1 is 0.960 bits per heavy atom. The standard InChI is InChI=1S/C20H27N5/c1-15-14-16(2)22-20(21-15)24-23-17(3)18-8-10-19(11-9-18)25-12-6-4-5-7-13-25/h8-11,14H,4-7,12-13H2,1-3H3,(H,21,22,24)/b23-17+. The lowest BCUT2D eigenvalue weighted by molar-refractivity contribution is 0.726. The summed E-state index contributed by atoms with van der Waals surface area (Å²) >= 11 is 0. The van der Waals surface area contributed by atoms with Crippen LogP contribution in [-0.4, -0.2) is 28.8 Å². The van der Waals surface area contributed by atoms with E-state index >= 15 is 0 Å². The van der Waals surface area contributed by atoms with Gasteiger partial charge in [-0.2, -0.15) is 5.10 Å². The van der Waals surface area contributed by atoms with Crippen LogP contribution >= 0.6 is 0 Å². The van der Waals surface area contributed by atoms with Crippen molar-refractivity contribution in [2.45, 2.75) is 46.5 Å². The molecule has 1 aromatic heterocycles. The highest BCUT2D eigenvalue weighted by Crippen LogP contribution is 2.20. The van der Waals surface area contributed by atoms with Gasteiger partial charge in [0, 0.05) is 30.2 Å². The molecule has 3 rings (SSSR count). The Morgan fingerprint density at radius 3 is 2.16 bits per heavy atom. The van der Waals surface area contributed by atoms with Crippen molar-refractivity contribution >= 4 is 17.3 Å². The molecule has 5 nitrogen and oxygen atoms in total. The number of hydrogen-bond donors (Lipinski definition) is 1. The second kappa shape index (κ2) is 8.10. The second-order valence-corrected chi connectivity index (χ2v) is 6.73. The molecule has 5 heteroatoms. The first kappa shape index (κ1) is 17.4. The molecule has 1 saturated heterocycles. The van der Waals surface area contributed by atoms with Crippen LogP contribution in [0.5, 0.6) is 0 Å². The molecule has 1 N–H and O–H groups in total. The maximum absolute atomic E-state index is 4.43. The van der Waals surface area contributed by atoms with Crippen LogP contribution in [0.1, 0.15) is 49.6 Å². The lowest BCUT2D eigenvalue weighted by atomic mass is 10.1. The number of nitrogens with zero attached hydrogens (tertiary/aromatic N) is 4. The summed E-state index contributed by atoms with van der Waals surface area (Å²) in [6.45, 7) is 8.24. The zero-order valence-electron chi connectivity index (χ0n) is 15.4. The quantitative estimate of drug-likeness (QED) is 0.667. The van der Waals surface area contributed by atoms with Crippen LogP contribution in [0, 0.1) is 13.8 Å². The van der Waals surface area contributed by atoms with Crippen molar-refractivity contribution < 1.29 is 0 Å². The number of nitrogens with one attached hydrogen (secondary N) is 1. The van der Waals surface area contributed by atoms with Gasteiger partial charge in [-0.15, -0.1) is 0 Å². The molecule has 0 aliphatic carbocycles. The average molecular weight is 337 g/mol. The van der Waals surface area contributed by atoms with E-state index in [9.17, 15) is 0 Å². The molecule has 2 heterocycles. The predicted molar refractivity (Wildman–Crippen MR) is 104 cm³/mol. The van der Waals surface area contributed by atoms with E-state index < -0.39 is 0 Å². The number of aromatic nitrogens is 2. The summed E-state index contributed by atoms with van der Waals surface area (Å²) in [5, 5.41) is 4.43. The molecule has 0 radical (unpaired) electrons. The van der Waals surface area contributed by atoms with Crippen LogP contribution in [0.4, 0.5) is 11.6 Å². The van der Waals surface area contributed by atoms with Gasteiger partial charge < -0.3 is 4.90 Å². The molecule has 0 unspecified atom stereocenters. The molecule has 1 aliphatic heterocycles. The highest BCUT2D eigenvalue weighted by atomic mass is 15.4. The van der Waals surface area contributed by atoms with Crippen molar-refractivity contribution in [1.29, 1.82) is 0 Å². The molecular formula is C20H27N5. The second-order valence-electron chi connectivity index (χ2n) is 6.73. The van der Waals surface area contributed by atoms with Crippen molar-refractivity contribution in [1.82, 2.24) is 9.97 Å². The van der Waals surface area contributed by atoms with Gasteiger partial charge in [-0.1, -0.05) is 25.0 Å². The topological polar surface area (TPSA) is 53.4 Å². The van der Waals surface area contributed by atoms with Crippen molar-refractivity contribution in [3.8, 4) is 0 Å². The van der Waals surface area contributed by atoms with E-state index in [1.807, 2.05) is 26.8 Å². The highest BCUT2D eigenvalue weighted by Gasteiger charge is 2.10. The van der Waals surface area contributed by atoms with Gasteiger partial charge in [-0.25, -0.2) is 15.4 Å². The lowest BCUT2D eigenvalue weighted by Crippen LogP contribution is -2.23. The molecule has 0 amide bonds. The Balaban J connectivity index is 1.68. The fourth-order valence-corrected chi connectivity index (χ4v) is 3.22. The minimum atomic E-state index is 0.540. The molecule has 1 aromatic carbocycles. The molecule has 2 aromatic rings. The Morgan fingerprint density at radius 2 is 1.56 bits per heavy atom. The van der Waals surface area contributed by atoms with Crippen molar-refractivity contribution in [3.63, 3.8) is 0 Å². The number of hydrazone groups is 1. The molecule has 1 aliphatic rings. The van der Waals surface area contributed by atoms with E-state index in [1.165, 1.54) is 31.4 Å². The number of aryl methyl sites for hydroxylation is 2. The summed E-state index contributed by atoms with van der Waals surface area (Å²) in [6, 6.07) is 10.6. The molecule has 0 spiro atoms. The number of anilines is 2. The number of rotatable bonds is 4. The van der Waals surface area contributed by atoms with E-state index in [4.69, 9.17) is 0 Å². The maximum Gasteiger partial charge on any atom is 0.243 e. The van der Waals surface area contributed by atoms with E-state index in [0.29, 0.717) is 5.95 Å². The van der Waals surface area contributed by atoms with E-state index in [0.717, 1.165) is 35.8 Å². The van der Waals surface area contributed by atoms with Crippen LogP contribution in [0.25, 0.3) is 0 Å². The van der Waals surface area contributed by atoms with Gasteiger partial charge in [0.1, 0.15) is 0 Å². The monoisotopic (exact) mass is 337 g/mol. The van der Waals surface area contributed by atoms with Crippen LogP contribution in [0.2, 0.25) is 0 Å². The molecule has 0 bridgehead atoms. The van der Waals surface area contributed by atoms with Gasteiger partial charge in [0.25, 0.3) is 0 Å². The average Bonchev–Trinajstić information content (AvgIpc) is 2.88. The fourth-order valence-electron chi connectivity index (χ4n) is 3.22. The zero-order chi connectivity index (χ0) is 17.6. The minimum Gasteiger partial charge on any atom is -0.372 e. The molecular weight excluding hydrogens is 310 g/mol. The first-order chi connectivity index (χ1) is 12.1. The van der Waals surface area contributed by atoms with Gasteiger partial charge >= 0.3 is 0 Å². The van der Waals surface area contributed by atoms with Gasteiger partial charge in [-0.05, 0) is 57.4 Å². The predicted octanol–water partition coefficient (Wildman–Crippen LogP) is 4.31. The van der Waals surface area contributed by atoms with Crippen LogP contribution in [0.3, 0.4) is 0 Å². The first-order valence-electron chi connectivity index (χ1n) is 9.10. The Bertz CT molecular complexity index is 708. The summed E-state index contributed by atoms with van der Waals surface area (Å²) in [7, 11) is 0. The molecule has 132 valence electrons. The lowest BCUT2D eigenvalue weighted by Gasteiger charge is -2.22. The van der Waals surface area contributed by atoms with Crippen molar-refractivity contribution in [3.05, 3.63) is 47.3 Å². The zero-order valence-corrected chi connectivity index (χ0v) is 15.4. The summed E-state index contributed by atoms with van der Waals surface area (Å²) in [5.41, 5.74) is 8.17. The van der Waals surface area contributed by atoms with Gasteiger partial charge in [0.2, 0.25) is 5.95 Å². The first-order valence-corrected chi connectivity index (χ1v) is 9.10. The third kappa shape index (κ3) is 4.78. The van der Waals surface area contributed by atoms with E-state index in [2.05, 4.69) is 49.7 Å². The Hall–Kier alpha value is -2.43. The highest BCUT2D eigenvalue weighted by molar-refractivity contribution is 5.99. The van der Waals surface area contributed by atoms with E-state index in [1.54, 1.807) is 0 Å². The number of benzene rings is 1. The normalized spacial score (nSPS) is 15.8. The molecule has 25 heavy (non-hydrogen) atoms. The molecule has 1 fully saturated rings. The third-order valence-corrected chi connectivity index (χ3v) is 4.56. The van der Waals surface area contributed by atoms with Crippen LogP contribution < -0.4 is 10.3 Å². The number of hydrogen-bond acceptors (Lipinski definition) is 5. The fraction of sp³-hybridized carbons (Fsp3) is 0.450. The summed E-state index contributed by atoms with van der Waals surface area (Å²) in [4.78, 5) is 11.2. The largest absolute Gasteiger partial charge is 0.372 e. The molecule has 0 atom stereocenters. The summed E-state index contributed by atoms with van der Waals surface area (Å²) < 4.78 is 0. The third-order valence-electron chi connectivity index (χ3n) is 4.56.